The van der Waals surface area contributed by atoms with E-state index in [0.29, 0.717) is 0 Å². The van der Waals surface area contributed by atoms with Crippen molar-refractivity contribution >= 4 is 0 Å². The molecular weight excluding hydrogens is 236 g/mol. The van der Waals surface area contributed by atoms with Crippen LogP contribution in [0.15, 0.2) is 18.2 Å². The van der Waals surface area contributed by atoms with Gasteiger partial charge in [-0.15, -0.1) is 10.2 Å². The normalized spacial score (nSPS) is 17.9. The molecule has 1 aromatic carbocycles. The predicted octanol–water partition coefficient (Wildman–Crippen LogP) is 1.93. The van der Waals surface area contributed by atoms with Gasteiger partial charge >= 0.3 is 0 Å². The van der Waals surface area contributed by atoms with Crippen molar-refractivity contribution < 1.29 is 0 Å². The van der Waals surface area contributed by atoms with Gasteiger partial charge in [-0.05, 0) is 36.9 Å². The average Bonchev–Trinajstić information content (AvgIpc) is 2.90. The van der Waals surface area contributed by atoms with Crippen molar-refractivity contribution in [3.63, 3.8) is 0 Å². The van der Waals surface area contributed by atoms with Gasteiger partial charge < -0.3 is 9.88 Å². The molecule has 0 saturated heterocycles. The van der Waals surface area contributed by atoms with Crippen molar-refractivity contribution in [3.05, 3.63) is 35.2 Å². The highest BCUT2D eigenvalue weighted by molar-refractivity contribution is 5.63. The quantitative estimate of drug-likeness (QED) is 0.845. The molecule has 0 saturated carbocycles. The molecule has 0 radical (unpaired) electrons. The molecule has 2 aromatic rings. The summed E-state index contributed by atoms with van der Waals surface area (Å²) in [6, 6.07) is 6.57. The van der Waals surface area contributed by atoms with Crippen LogP contribution in [-0.2, 0) is 25.9 Å². The van der Waals surface area contributed by atoms with Gasteiger partial charge in [0.25, 0.3) is 0 Å². The topological polar surface area (TPSA) is 42.7 Å². The van der Waals surface area contributed by atoms with Gasteiger partial charge in [-0.25, -0.2) is 0 Å². The average molecular weight is 254 g/mol. The first-order valence-electron chi connectivity index (χ1n) is 7.17. The fraction of sp³-hybridized carbons (Fsp3) is 0.467. The van der Waals surface area contributed by atoms with E-state index in [2.05, 4.69) is 38.3 Å². The van der Waals surface area contributed by atoms with E-state index >= 15 is 0 Å². The van der Waals surface area contributed by atoms with Gasteiger partial charge in [0.1, 0.15) is 5.82 Å². The first-order valence-corrected chi connectivity index (χ1v) is 7.17. The maximum atomic E-state index is 4.47. The van der Waals surface area contributed by atoms with Crippen molar-refractivity contribution in [2.45, 2.75) is 38.8 Å². The number of hydrogen-bond donors (Lipinski definition) is 1. The second-order valence-corrected chi connectivity index (χ2v) is 5.42. The predicted molar refractivity (Wildman–Crippen MR) is 73.8 cm³/mol. The molecule has 2 aliphatic heterocycles. The summed E-state index contributed by atoms with van der Waals surface area (Å²) < 4.78 is 2.32. The Morgan fingerprint density at radius 1 is 1.11 bits per heavy atom. The van der Waals surface area contributed by atoms with E-state index < -0.39 is 0 Å². The molecule has 1 aromatic heterocycles. The summed E-state index contributed by atoms with van der Waals surface area (Å²) in [5.74, 6) is 2.24. The fourth-order valence-electron chi connectivity index (χ4n) is 3.25. The molecule has 4 nitrogen and oxygen atoms in total. The minimum Gasteiger partial charge on any atom is -0.312 e. The molecule has 2 aliphatic rings. The van der Waals surface area contributed by atoms with Gasteiger partial charge in [-0.3, -0.25) is 0 Å². The first kappa shape index (κ1) is 11.2. The smallest absolute Gasteiger partial charge is 0.164 e. The molecule has 0 aliphatic carbocycles. The Balaban J connectivity index is 1.86. The number of aromatic nitrogens is 3. The molecule has 0 bridgehead atoms. The van der Waals surface area contributed by atoms with Crippen LogP contribution in [0.2, 0.25) is 0 Å². The zero-order chi connectivity index (χ0) is 12.7. The van der Waals surface area contributed by atoms with Gasteiger partial charge in [0.15, 0.2) is 5.82 Å². The van der Waals surface area contributed by atoms with E-state index in [4.69, 9.17) is 0 Å². The van der Waals surface area contributed by atoms with Crippen LogP contribution >= 0.6 is 0 Å². The third-order valence-corrected chi connectivity index (χ3v) is 4.24. The molecule has 0 atom stereocenters. The van der Waals surface area contributed by atoms with Crippen molar-refractivity contribution in [1.82, 2.24) is 20.1 Å². The molecule has 3 heterocycles. The molecular formula is C15H18N4. The lowest BCUT2D eigenvalue weighted by atomic mass is 9.95. The Kier molecular flexibility index (Phi) is 2.62. The van der Waals surface area contributed by atoms with E-state index in [1.165, 1.54) is 29.5 Å². The largest absolute Gasteiger partial charge is 0.312 e. The van der Waals surface area contributed by atoms with Crippen molar-refractivity contribution in [2.75, 3.05) is 6.54 Å². The van der Waals surface area contributed by atoms with E-state index in [-0.39, 0.29) is 0 Å². The zero-order valence-corrected chi connectivity index (χ0v) is 11.0. The van der Waals surface area contributed by atoms with E-state index in [0.717, 1.165) is 44.1 Å². The number of nitrogens with one attached hydrogen (secondary N) is 1. The van der Waals surface area contributed by atoms with Crippen LogP contribution < -0.4 is 5.32 Å². The highest BCUT2D eigenvalue weighted by Crippen LogP contribution is 2.29. The summed E-state index contributed by atoms with van der Waals surface area (Å²) in [6.07, 6.45) is 4.65. The lowest BCUT2D eigenvalue weighted by Gasteiger charge is -2.21. The maximum absolute atomic E-state index is 4.47. The molecule has 4 heteroatoms. The second-order valence-electron chi connectivity index (χ2n) is 5.42. The Hall–Kier alpha value is -1.68. The maximum Gasteiger partial charge on any atom is 0.164 e. The Labute approximate surface area is 112 Å². The first-order chi connectivity index (χ1) is 9.43. The van der Waals surface area contributed by atoms with Gasteiger partial charge in [-0.1, -0.05) is 18.2 Å². The van der Waals surface area contributed by atoms with Crippen LogP contribution in [0.25, 0.3) is 11.4 Å². The van der Waals surface area contributed by atoms with Gasteiger partial charge in [-0.2, -0.15) is 0 Å². The highest BCUT2D eigenvalue weighted by Gasteiger charge is 2.21. The molecule has 0 fully saturated rings. The number of fused-ring (bicyclic) bond motifs is 2. The summed E-state index contributed by atoms with van der Waals surface area (Å²) in [5, 5.41) is 12.3. The minimum atomic E-state index is 0.976. The van der Waals surface area contributed by atoms with Crippen LogP contribution in [0.5, 0.6) is 0 Å². The van der Waals surface area contributed by atoms with Crippen LogP contribution in [0, 0.1) is 0 Å². The van der Waals surface area contributed by atoms with Crippen molar-refractivity contribution in [2.24, 2.45) is 0 Å². The fourth-order valence-corrected chi connectivity index (χ4v) is 3.25. The monoisotopic (exact) mass is 254 g/mol. The van der Waals surface area contributed by atoms with Gasteiger partial charge in [0.05, 0.1) is 0 Å². The number of hydrogen-bond acceptors (Lipinski definition) is 3. The van der Waals surface area contributed by atoms with Gasteiger partial charge in [0.2, 0.25) is 0 Å². The Bertz CT molecular complexity index is 615. The van der Waals surface area contributed by atoms with E-state index in [1.54, 1.807) is 0 Å². The zero-order valence-electron chi connectivity index (χ0n) is 11.0. The molecule has 19 heavy (non-hydrogen) atoms. The minimum absolute atomic E-state index is 0.976. The van der Waals surface area contributed by atoms with Crippen LogP contribution in [-0.4, -0.2) is 21.3 Å². The highest BCUT2D eigenvalue weighted by atomic mass is 15.3. The van der Waals surface area contributed by atoms with Crippen LogP contribution in [0.4, 0.5) is 0 Å². The molecule has 98 valence electrons. The third-order valence-electron chi connectivity index (χ3n) is 4.24. The Morgan fingerprint density at radius 2 is 2.11 bits per heavy atom. The Morgan fingerprint density at radius 3 is 3.11 bits per heavy atom. The van der Waals surface area contributed by atoms with Crippen LogP contribution in [0.3, 0.4) is 0 Å². The van der Waals surface area contributed by atoms with E-state index in [9.17, 15) is 0 Å². The third kappa shape index (κ3) is 1.78. The molecule has 4 rings (SSSR count). The number of nitrogens with zero attached hydrogens (tertiary/aromatic N) is 3. The number of rotatable bonds is 1. The molecule has 0 amide bonds. The van der Waals surface area contributed by atoms with E-state index in [1.807, 2.05) is 0 Å². The summed E-state index contributed by atoms with van der Waals surface area (Å²) in [5.41, 5.74) is 4.17. The molecule has 1 N–H and O–H groups in total. The molecule has 0 spiro atoms. The molecule has 0 unspecified atom stereocenters. The SMILES string of the molecule is c1cc2c(c(-c3nnc4n3CCCC4)c1)CCNC2. The summed E-state index contributed by atoms with van der Waals surface area (Å²) in [4.78, 5) is 0. The standard InChI is InChI=1S/C15H18N4/c1-2-9-19-14(6-1)17-18-15(19)13-5-3-4-11-10-16-8-7-12(11)13/h3-5,16H,1-2,6-10H2. The lowest BCUT2D eigenvalue weighted by Crippen LogP contribution is -2.24. The lowest BCUT2D eigenvalue weighted by molar-refractivity contribution is 0.525. The van der Waals surface area contributed by atoms with Crippen molar-refractivity contribution in [3.8, 4) is 11.4 Å². The second kappa shape index (κ2) is 4.46. The van der Waals surface area contributed by atoms with Gasteiger partial charge in [0, 0.05) is 25.1 Å². The summed E-state index contributed by atoms with van der Waals surface area (Å²) in [6.45, 7) is 3.11. The summed E-state index contributed by atoms with van der Waals surface area (Å²) >= 11 is 0. The van der Waals surface area contributed by atoms with Crippen LogP contribution in [0.1, 0.15) is 29.8 Å². The summed E-state index contributed by atoms with van der Waals surface area (Å²) in [7, 11) is 0. The van der Waals surface area contributed by atoms with Crippen molar-refractivity contribution in [1.29, 1.82) is 0 Å². The number of aryl methyl sites for hydroxylation is 1. The number of benzene rings is 1.